The summed E-state index contributed by atoms with van der Waals surface area (Å²) in [7, 11) is 0. The lowest BCUT2D eigenvalue weighted by Crippen LogP contribution is -2.00. The van der Waals surface area contributed by atoms with Crippen LogP contribution < -0.4 is 0 Å². The first-order valence-corrected chi connectivity index (χ1v) is 4.35. The average Bonchev–Trinajstić information content (AvgIpc) is 2.73. The van der Waals surface area contributed by atoms with Gasteiger partial charge >= 0.3 is 5.97 Å². The Kier molecular flexibility index (Phi) is 2.00. The molecule has 0 aromatic carbocycles. The van der Waals surface area contributed by atoms with E-state index in [1.54, 1.807) is 10.9 Å². The molecule has 2 rings (SSSR count). The van der Waals surface area contributed by atoms with E-state index >= 15 is 0 Å². The lowest BCUT2D eigenvalue weighted by atomic mass is 10.3. The Bertz CT molecular complexity index is 317. The summed E-state index contributed by atoms with van der Waals surface area (Å²) >= 11 is 0. The van der Waals surface area contributed by atoms with Crippen molar-refractivity contribution in [2.75, 3.05) is 0 Å². The van der Waals surface area contributed by atoms with Gasteiger partial charge in [0.2, 0.25) is 0 Å². The van der Waals surface area contributed by atoms with E-state index in [1.165, 1.54) is 12.8 Å². The zero-order valence-electron chi connectivity index (χ0n) is 7.18. The van der Waals surface area contributed by atoms with Gasteiger partial charge in [-0.2, -0.15) is 0 Å². The standard InChI is InChI=1S/C8H11N3O2/c12-8(13)3-7-5-11(10-9-7)4-6-1-2-6/h5-6H,1-4H2,(H,12,13). The molecule has 0 atom stereocenters. The maximum absolute atomic E-state index is 10.3. The van der Waals surface area contributed by atoms with E-state index < -0.39 is 5.97 Å². The van der Waals surface area contributed by atoms with E-state index in [1.807, 2.05) is 0 Å². The van der Waals surface area contributed by atoms with Crippen LogP contribution in [-0.2, 0) is 17.8 Å². The largest absolute Gasteiger partial charge is 0.481 e. The minimum atomic E-state index is -0.863. The lowest BCUT2D eigenvalue weighted by molar-refractivity contribution is -0.136. The topological polar surface area (TPSA) is 68.0 Å². The van der Waals surface area contributed by atoms with Crippen molar-refractivity contribution in [2.45, 2.75) is 25.8 Å². The van der Waals surface area contributed by atoms with Crippen molar-refractivity contribution in [3.05, 3.63) is 11.9 Å². The quantitative estimate of drug-likeness (QED) is 0.726. The van der Waals surface area contributed by atoms with Crippen LogP contribution in [0.3, 0.4) is 0 Å². The van der Waals surface area contributed by atoms with Crippen LogP contribution in [0.2, 0.25) is 0 Å². The first-order valence-electron chi connectivity index (χ1n) is 4.35. The van der Waals surface area contributed by atoms with Crippen molar-refractivity contribution in [2.24, 2.45) is 5.92 Å². The second-order valence-electron chi connectivity index (χ2n) is 3.45. The Morgan fingerprint density at radius 2 is 2.46 bits per heavy atom. The van der Waals surface area contributed by atoms with Gasteiger partial charge in [-0.3, -0.25) is 9.48 Å². The highest BCUT2D eigenvalue weighted by Crippen LogP contribution is 2.30. The summed E-state index contributed by atoms with van der Waals surface area (Å²) < 4.78 is 1.73. The Morgan fingerprint density at radius 3 is 3.08 bits per heavy atom. The van der Waals surface area contributed by atoms with Crippen molar-refractivity contribution >= 4 is 5.97 Å². The van der Waals surface area contributed by atoms with Crippen LogP contribution >= 0.6 is 0 Å². The summed E-state index contributed by atoms with van der Waals surface area (Å²) in [4.78, 5) is 10.3. The number of hydrogen-bond acceptors (Lipinski definition) is 3. The van der Waals surface area contributed by atoms with Gasteiger partial charge < -0.3 is 5.11 Å². The molecule has 0 amide bonds. The Balaban J connectivity index is 1.95. The van der Waals surface area contributed by atoms with Crippen LogP contribution in [-0.4, -0.2) is 26.1 Å². The zero-order valence-corrected chi connectivity index (χ0v) is 7.18. The first kappa shape index (κ1) is 8.22. The normalized spacial score (nSPS) is 16.0. The fourth-order valence-corrected chi connectivity index (χ4v) is 1.23. The van der Waals surface area contributed by atoms with Gasteiger partial charge in [-0.1, -0.05) is 5.21 Å². The monoisotopic (exact) mass is 181 g/mol. The Morgan fingerprint density at radius 1 is 1.69 bits per heavy atom. The third-order valence-electron chi connectivity index (χ3n) is 2.06. The van der Waals surface area contributed by atoms with Crippen LogP contribution in [0, 0.1) is 5.92 Å². The van der Waals surface area contributed by atoms with Crippen molar-refractivity contribution in [3.63, 3.8) is 0 Å². The van der Waals surface area contributed by atoms with E-state index in [2.05, 4.69) is 10.3 Å². The van der Waals surface area contributed by atoms with Gasteiger partial charge in [-0.25, -0.2) is 0 Å². The molecule has 70 valence electrons. The summed E-state index contributed by atoms with van der Waals surface area (Å²) in [5, 5.41) is 16.1. The van der Waals surface area contributed by atoms with Gasteiger partial charge in [0.15, 0.2) is 0 Å². The van der Waals surface area contributed by atoms with Crippen LogP contribution in [0.4, 0.5) is 0 Å². The molecule has 5 nitrogen and oxygen atoms in total. The van der Waals surface area contributed by atoms with Gasteiger partial charge in [0.1, 0.15) is 0 Å². The molecule has 1 aromatic rings. The average molecular weight is 181 g/mol. The maximum atomic E-state index is 10.3. The third-order valence-corrected chi connectivity index (χ3v) is 2.06. The second kappa shape index (κ2) is 3.16. The number of carboxylic acids is 1. The molecule has 5 heteroatoms. The molecule has 1 N–H and O–H groups in total. The van der Waals surface area contributed by atoms with Gasteiger partial charge in [-0.05, 0) is 18.8 Å². The SMILES string of the molecule is O=C(O)Cc1cn(CC2CC2)nn1. The van der Waals surface area contributed by atoms with Crippen molar-refractivity contribution in [1.82, 2.24) is 15.0 Å². The number of hydrogen-bond donors (Lipinski definition) is 1. The van der Waals surface area contributed by atoms with Crippen LogP contribution in [0.1, 0.15) is 18.5 Å². The molecule has 1 fully saturated rings. The fourth-order valence-electron chi connectivity index (χ4n) is 1.23. The highest BCUT2D eigenvalue weighted by Gasteiger charge is 2.22. The van der Waals surface area contributed by atoms with Crippen LogP contribution in [0.25, 0.3) is 0 Å². The highest BCUT2D eigenvalue weighted by molar-refractivity contribution is 5.69. The highest BCUT2D eigenvalue weighted by atomic mass is 16.4. The van der Waals surface area contributed by atoms with Crippen molar-refractivity contribution in [3.8, 4) is 0 Å². The minimum absolute atomic E-state index is 0.0370. The van der Waals surface area contributed by atoms with E-state index in [-0.39, 0.29) is 6.42 Å². The molecule has 1 aromatic heterocycles. The molecule has 0 spiro atoms. The fraction of sp³-hybridized carbons (Fsp3) is 0.625. The van der Waals surface area contributed by atoms with Crippen molar-refractivity contribution in [1.29, 1.82) is 0 Å². The summed E-state index contributed by atoms with van der Waals surface area (Å²) in [5.41, 5.74) is 0.535. The molecule has 1 aliphatic rings. The number of carboxylic acid groups (broad SMARTS) is 1. The Labute approximate surface area is 75.4 Å². The summed E-state index contributed by atoms with van der Waals surface area (Å²) in [6, 6.07) is 0. The number of nitrogens with zero attached hydrogens (tertiary/aromatic N) is 3. The van der Waals surface area contributed by atoms with Crippen LogP contribution in [0.15, 0.2) is 6.20 Å². The van der Waals surface area contributed by atoms with E-state index in [0.717, 1.165) is 12.5 Å². The molecule has 0 aliphatic heterocycles. The molecule has 1 saturated carbocycles. The van der Waals surface area contributed by atoms with E-state index in [9.17, 15) is 4.79 Å². The molecule has 0 unspecified atom stereocenters. The molecule has 0 radical (unpaired) electrons. The van der Waals surface area contributed by atoms with Gasteiger partial charge in [0.05, 0.1) is 12.1 Å². The zero-order chi connectivity index (χ0) is 9.26. The van der Waals surface area contributed by atoms with Crippen molar-refractivity contribution < 1.29 is 9.90 Å². The number of rotatable bonds is 4. The predicted molar refractivity (Wildman–Crippen MR) is 44.1 cm³/mol. The maximum Gasteiger partial charge on any atom is 0.309 e. The molecular weight excluding hydrogens is 170 g/mol. The number of aromatic nitrogens is 3. The number of carbonyl (C=O) groups is 1. The molecule has 1 aliphatic carbocycles. The smallest absolute Gasteiger partial charge is 0.309 e. The lowest BCUT2D eigenvalue weighted by Gasteiger charge is -1.93. The first-order chi connectivity index (χ1) is 6.24. The molecule has 13 heavy (non-hydrogen) atoms. The van der Waals surface area contributed by atoms with Crippen LogP contribution in [0.5, 0.6) is 0 Å². The third kappa shape index (κ3) is 2.27. The van der Waals surface area contributed by atoms with E-state index in [0.29, 0.717) is 5.69 Å². The molecule has 1 heterocycles. The van der Waals surface area contributed by atoms with E-state index in [4.69, 9.17) is 5.11 Å². The number of aliphatic carboxylic acids is 1. The predicted octanol–water partition coefficient (Wildman–Crippen LogP) is 0.315. The van der Waals surface area contributed by atoms with Gasteiger partial charge in [-0.15, -0.1) is 5.10 Å². The Hall–Kier alpha value is -1.39. The summed E-state index contributed by atoms with van der Waals surface area (Å²) in [6.07, 6.45) is 4.19. The second-order valence-corrected chi connectivity index (χ2v) is 3.45. The molecule has 0 bridgehead atoms. The van der Waals surface area contributed by atoms with Gasteiger partial charge in [0.25, 0.3) is 0 Å². The summed E-state index contributed by atoms with van der Waals surface area (Å²) in [6.45, 7) is 0.882. The minimum Gasteiger partial charge on any atom is -0.481 e. The summed E-state index contributed by atoms with van der Waals surface area (Å²) in [5.74, 6) is -0.127. The molecular formula is C8H11N3O2. The molecule has 0 saturated heterocycles. The van der Waals surface area contributed by atoms with Gasteiger partial charge in [0, 0.05) is 12.7 Å².